The topological polar surface area (TPSA) is 79.9 Å². The summed E-state index contributed by atoms with van der Waals surface area (Å²) >= 11 is 7.32. The van der Waals surface area contributed by atoms with Gasteiger partial charge in [0.2, 0.25) is 11.1 Å². The van der Waals surface area contributed by atoms with Gasteiger partial charge in [0, 0.05) is 5.02 Å². The average molecular weight is 403 g/mol. The third-order valence-corrected chi connectivity index (χ3v) is 4.97. The number of halogens is 1. The SMILES string of the molecule is COc1ccc(Cl)cc1-c1nc(SCC(=O)N[C@@H](C)c2ccccc2)n[nH]1. The number of methoxy groups -OCH3 is 1. The molecular weight excluding hydrogens is 384 g/mol. The number of carbonyl (C=O) groups excluding carboxylic acids is 1. The van der Waals surface area contributed by atoms with Gasteiger partial charge in [0.1, 0.15) is 5.75 Å². The van der Waals surface area contributed by atoms with E-state index in [9.17, 15) is 4.79 Å². The molecule has 0 aliphatic rings. The molecule has 0 radical (unpaired) electrons. The average Bonchev–Trinajstić information content (AvgIpc) is 3.16. The Morgan fingerprint density at radius 1 is 1.30 bits per heavy atom. The Morgan fingerprint density at radius 2 is 2.07 bits per heavy atom. The molecule has 2 aromatic carbocycles. The van der Waals surface area contributed by atoms with Crippen LogP contribution in [0.15, 0.2) is 53.7 Å². The molecule has 2 N–H and O–H groups in total. The molecule has 0 saturated carbocycles. The van der Waals surface area contributed by atoms with E-state index in [2.05, 4.69) is 20.5 Å². The first-order valence-electron chi connectivity index (χ1n) is 8.30. The number of hydrogen-bond acceptors (Lipinski definition) is 5. The van der Waals surface area contributed by atoms with Crippen LogP contribution in [-0.4, -0.2) is 34.0 Å². The van der Waals surface area contributed by atoms with E-state index >= 15 is 0 Å². The second-order valence-corrected chi connectivity index (χ2v) is 7.18. The molecule has 0 aliphatic heterocycles. The van der Waals surface area contributed by atoms with Crippen LogP contribution in [0.1, 0.15) is 18.5 Å². The van der Waals surface area contributed by atoms with Gasteiger partial charge in [0.15, 0.2) is 5.82 Å². The predicted octanol–water partition coefficient (Wildman–Crippen LogP) is 4.10. The van der Waals surface area contributed by atoms with Crippen molar-refractivity contribution in [3.05, 3.63) is 59.1 Å². The summed E-state index contributed by atoms with van der Waals surface area (Å²) in [5.74, 6) is 1.32. The number of ether oxygens (including phenoxy) is 1. The molecule has 0 saturated heterocycles. The summed E-state index contributed by atoms with van der Waals surface area (Å²) in [6.07, 6.45) is 0. The lowest BCUT2D eigenvalue weighted by Crippen LogP contribution is -2.28. The summed E-state index contributed by atoms with van der Waals surface area (Å²) in [4.78, 5) is 16.6. The summed E-state index contributed by atoms with van der Waals surface area (Å²) < 4.78 is 5.33. The molecule has 0 unspecified atom stereocenters. The molecule has 1 amide bonds. The van der Waals surface area contributed by atoms with E-state index in [-0.39, 0.29) is 17.7 Å². The quantitative estimate of drug-likeness (QED) is 0.581. The standard InChI is InChI=1S/C19H19ClN4O2S/c1-12(13-6-4-3-5-7-13)21-17(25)11-27-19-22-18(23-24-19)15-10-14(20)8-9-16(15)26-2/h3-10,12H,11H2,1-2H3,(H,21,25)(H,22,23,24)/t12-/m0/s1. The van der Waals surface area contributed by atoms with Gasteiger partial charge >= 0.3 is 0 Å². The van der Waals surface area contributed by atoms with Gasteiger partial charge in [-0.1, -0.05) is 53.7 Å². The van der Waals surface area contributed by atoms with Crippen molar-refractivity contribution in [1.82, 2.24) is 20.5 Å². The summed E-state index contributed by atoms with van der Waals surface area (Å²) in [5, 5.41) is 11.0. The second-order valence-electron chi connectivity index (χ2n) is 5.80. The Kier molecular flexibility index (Phi) is 6.36. The summed E-state index contributed by atoms with van der Waals surface area (Å²) in [6.45, 7) is 1.95. The maximum Gasteiger partial charge on any atom is 0.230 e. The van der Waals surface area contributed by atoms with Gasteiger partial charge in [0.25, 0.3) is 0 Å². The Hall–Kier alpha value is -2.51. The fourth-order valence-corrected chi connectivity index (χ4v) is 3.32. The number of rotatable bonds is 7. The van der Waals surface area contributed by atoms with E-state index in [4.69, 9.17) is 16.3 Å². The lowest BCUT2D eigenvalue weighted by Gasteiger charge is -2.13. The van der Waals surface area contributed by atoms with Gasteiger partial charge < -0.3 is 10.1 Å². The molecule has 0 aliphatic carbocycles. The highest BCUT2D eigenvalue weighted by atomic mass is 35.5. The molecule has 140 valence electrons. The Morgan fingerprint density at radius 3 is 2.81 bits per heavy atom. The summed E-state index contributed by atoms with van der Waals surface area (Å²) in [7, 11) is 1.58. The number of H-pyrrole nitrogens is 1. The number of nitrogens with one attached hydrogen (secondary N) is 2. The first-order chi connectivity index (χ1) is 13.1. The van der Waals surface area contributed by atoms with Gasteiger partial charge in [-0.2, -0.15) is 0 Å². The largest absolute Gasteiger partial charge is 0.496 e. The van der Waals surface area contributed by atoms with Crippen LogP contribution in [0.25, 0.3) is 11.4 Å². The van der Waals surface area contributed by atoms with E-state index in [0.29, 0.717) is 27.3 Å². The van der Waals surface area contributed by atoms with Crippen LogP contribution >= 0.6 is 23.4 Å². The van der Waals surface area contributed by atoms with Crippen LogP contribution in [-0.2, 0) is 4.79 Å². The maximum absolute atomic E-state index is 12.2. The second kappa shape index (κ2) is 8.92. The number of aromatic nitrogens is 3. The summed E-state index contributed by atoms with van der Waals surface area (Å²) in [5.41, 5.74) is 1.77. The van der Waals surface area contributed by atoms with Crippen molar-refractivity contribution in [2.24, 2.45) is 0 Å². The molecule has 8 heteroatoms. The van der Waals surface area contributed by atoms with Gasteiger partial charge in [-0.3, -0.25) is 9.89 Å². The molecule has 1 atom stereocenters. The monoisotopic (exact) mass is 402 g/mol. The predicted molar refractivity (Wildman–Crippen MR) is 107 cm³/mol. The molecule has 0 fully saturated rings. The van der Waals surface area contributed by atoms with Crippen LogP contribution in [0.4, 0.5) is 0 Å². The number of hydrogen-bond donors (Lipinski definition) is 2. The molecular formula is C19H19ClN4O2S. The third-order valence-electron chi connectivity index (χ3n) is 3.89. The van der Waals surface area contributed by atoms with E-state index < -0.39 is 0 Å². The summed E-state index contributed by atoms with van der Waals surface area (Å²) in [6, 6.07) is 15.0. The Bertz CT molecular complexity index is 917. The number of nitrogens with zero attached hydrogens (tertiary/aromatic N) is 2. The molecule has 3 aromatic rings. The van der Waals surface area contributed by atoms with Gasteiger partial charge in [-0.05, 0) is 30.7 Å². The maximum atomic E-state index is 12.2. The number of benzene rings is 2. The number of amides is 1. The molecule has 1 heterocycles. The van der Waals surface area contributed by atoms with Gasteiger partial charge in [0.05, 0.1) is 24.5 Å². The van der Waals surface area contributed by atoms with Gasteiger partial charge in [-0.25, -0.2) is 4.98 Å². The smallest absolute Gasteiger partial charge is 0.230 e. The first-order valence-corrected chi connectivity index (χ1v) is 9.66. The minimum atomic E-state index is -0.0805. The van der Waals surface area contributed by atoms with Crippen molar-refractivity contribution in [2.75, 3.05) is 12.9 Å². The van der Waals surface area contributed by atoms with Crippen LogP contribution in [0, 0.1) is 0 Å². The molecule has 27 heavy (non-hydrogen) atoms. The van der Waals surface area contributed by atoms with Crippen molar-refractivity contribution in [3.63, 3.8) is 0 Å². The molecule has 3 rings (SSSR count). The van der Waals surface area contributed by atoms with Crippen molar-refractivity contribution in [1.29, 1.82) is 0 Å². The van der Waals surface area contributed by atoms with E-state index in [1.54, 1.807) is 25.3 Å². The number of thioether (sulfide) groups is 1. The fraction of sp³-hybridized carbons (Fsp3) is 0.211. The van der Waals surface area contributed by atoms with Crippen molar-refractivity contribution in [3.8, 4) is 17.1 Å². The van der Waals surface area contributed by atoms with E-state index in [1.807, 2.05) is 37.3 Å². The van der Waals surface area contributed by atoms with Crippen molar-refractivity contribution in [2.45, 2.75) is 18.1 Å². The Labute approximate surface area is 166 Å². The van der Waals surface area contributed by atoms with Crippen LogP contribution in [0.3, 0.4) is 0 Å². The normalized spacial score (nSPS) is 11.8. The van der Waals surface area contributed by atoms with Crippen molar-refractivity contribution < 1.29 is 9.53 Å². The Balaban J connectivity index is 1.60. The molecule has 0 spiro atoms. The zero-order valence-corrected chi connectivity index (χ0v) is 16.5. The van der Waals surface area contributed by atoms with Crippen LogP contribution in [0.5, 0.6) is 5.75 Å². The zero-order chi connectivity index (χ0) is 19.2. The van der Waals surface area contributed by atoms with Crippen LogP contribution < -0.4 is 10.1 Å². The first kappa shape index (κ1) is 19.3. The van der Waals surface area contributed by atoms with Gasteiger partial charge in [-0.15, -0.1) is 5.10 Å². The third kappa shape index (κ3) is 5.02. The molecule has 1 aromatic heterocycles. The van der Waals surface area contributed by atoms with Crippen LogP contribution in [0.2, 0.25) is 5.02 Å². The number of aromatic amines is 1. The van der Waals surface area contributed by atoms with E-state index in [0.717, 1.165) is 5.56 Å². The minimum absolute atomic E-state index is 0.0577. The molecule has 6 nitrogen and oxygen atoms in total. The lowest BCUT2D eigenvalue weighted by molar-refractivity contribution is -0.119. The fourth-order valence-electron chi connectivity index (χ4n) is 2.53. The lowest BCUT2D eigenvalue weighted by atomic mass is 10.1. The molecule has 0 bridgehead atoms. The number of carbonyl (C=O) groups is 1. The van der Waals surface area contributed by atoms with E-state index in [1.165, 1.54) is 11.8 Å². The minimum Gasteiger partial charge on any atom is -0.496 e. The zero-order valence-electron chi connectivity index (χ0n) is 14.9. The highest BCUT2D eigenvalue weighted by Gasteiger charge is 2.14. The van der Waals surface area contributed by atoms with Crippen molar-refractivity contribution >= 4 is 29.3 Å². The highest BCUT2D eigenvalue weighted by Crippen LogP contribution is 2.31. The highest BCUT2D eigenvalue weighted by molar-refractivity contribution is 7.99.